The van der Waals surface area contributed by atoms with Crippen molar-refractivity contribution in [3.63, 3.8) is 0 Å². The molecular weight excluding hydrogens is 242 g/mol. The second kappa shape index (κ2) is 5.37. The van der Waals surface area contributed by atoms with Crippen molar-refractivity contribution in [2.75, 3.05) is 13.1 Å². The van der Waals surface area contributed by atoms with Crippen molar-refractivity contribution < 1.29 is 9.90 Å². The van der Waals surface area contributed by atoms with E-state index in [-0.39, 0.29) is 0 Å². The van der Waals surface area contributed by atoms with Crippen LogP contribution in [0.2, 0.25) is 0 Å². The van der Waals surface area contributed by atoms with E-state index in [4.69, 9.17) is 5.26 Å². The molecule has 1 atom stereocenters. The summed E-state index contributed by atoms with van der Waals surface area (Å²) < 4.78 is 0. The third-order valence-electron chi connectivity index (χ3n) is 3.91. The summed E-state index contributed by atoms with van der Waals surface area (Å²) in [5.41, 5.74) is 0.797. The van der Waals surface area contributed by atoms with E-state index in [1.54, 1.807) is 12.3 Å². The van der Waals surface area contributed by atoms with Crippen molar-refractivity contribution in [2.45, 2.75) is 26.3 Å². The lowest BCUT2D eigenvalue weighted by Gasteiger charge is -2.23. The van der Waals surface area contributed by atoms with E-state index in [2.05, 4.69) is 9.88 Å². The molecular formula is C14H17N3O2. The van der Waals surface area contributed by atoms with Crippen LogP contribution in [0, 0.1) is 16.7 Å². The number of pyridine rings is 1. The van der Waals surface area contributed by atoms with Gasteiger partial charge in [0.05, 0.1) is 5.41 Å². The number of aliphatic carboxylic acids is 1. The van der Waals surface area contributed by atoms with Crippen LogP contribution < -0.4 is 0 Å². The monoisotopic (exact) mass is 259 g/mol. The van der Waals surface area contributed by atoms with E-state index in [1.165, 1.54) is 0 Å². The number of nitrogens with zero attached hydrogens (tertiary/aromatic N) is 3. The van der Waals surface area contributed by atoms with Gasteiger partial charge in [-0.3, -0.25) is 9.69 Å². The van der Waals surface area contributed by atoms with Gasteiger partial charge in [0.1, 0.15) is 11.8 Å². The maximum Gasteiger partial charge on any atom is 0.310 e. The largest absolute Gasteiger partial charge is 0.481 e. The van der Waals surface area contributed by atoms with Gasteiger partial charge in [-0.1, -0.05) is 6.92 Å². The van der Waals surface area contributed by atoms with Crippen LogP contribution in [0.4, 0.5) is 0 Å². The summed E-state index contributed by atoms with van der Waals surface area (Å²) in [5.74, 6) is -0.704. The second-order valence-electron chi connectivity index (χ2n) is 5.06. The lowest BCUT2D eigenvalue weighted by atomic mass is 9.84. The molecule has 1 aromatic heterocycles. The average molecular weight is 259 g/mol. The minimum Gasteiger partial charge on any atom is -0.481 e. The molecule has 5 heteroatoms. The van der Waals surface area contributed by atoms with Gasteiger partial charge in [0.2, 0.25) is 0 Å². The van der Waals surface area contributed by atoms with Crippen LogP contribution in [0.15, 0.2) is 18.3 Å². The normalized spacial score (nSPS) is 23.2. The fourth-order valence-corrected chi connectivity index (χ4v) is 2.60. The maximum absolute atomic E-state index is 11.4. The van der Waals surface area contributed by atoms with Crippen molar-refractivity contribution in [2.24, 2.45) is 5.41 Å². The molecule has 0 radical (unpaired) electrons. The van der Waals surface area contributed by atoms with Crippen molar-refractivity contribution >= 4 is 5.97 Å². The predicted molar refractivity (Wildman–Crippen MR) is 69.2 cm³/mol. The smallest absolute Gasteiger partial charge is 0.310 e. The van der Waals surface area contributed by atoms with Gasteiger partial charge in [-0.25, -0.2) is 4.98 Å². The highest BCUT2D eigenvalue weighted by molar-refractivity contribution is 5.75. The second-order valence-corrected chi connectivity index (χ2v) is 5.06. The molecule has 0 amide bonds. The number of carboxylic acid groups (broad SMARTS) is 1. The summed E-state index contributed by atoms with van der Waals surface area (Å²) in [6.07, 6.45) is 2.96. The maximum atomic E-state index is 11.4. The molecule has 100 valence electrons. The Balaban J connectivity index is 2.06. The first-order chi connectivity index (χ1) is 9.09. The molecule has 1 aliphatic heterocycles. The van der Waals surface area contributed by atoms with Crippen molar-refractivity contribution in [3.8, 4) is 6.07 Å². The molecule has 1 fully saturated rings. The summed E-state index contributed by atoms with van der Waals surface area (Å²) in [7, 11) is 0. The first kappa shape index (κ1) is 13.5. The molecule has 0 saturated carbocycles. The molecule has 2 heterocycles. The highest BCUT2D eigenvalue weighted by Gasteiger charge is 2.42. The van der Waals surface area contributed by atoms with E-state index in [0.29, 0.717) is 31.6 Å². The van der Waals surface area contributed by atoms with Crippen LogP contribution >= 0.6 is 0 Å². The molecule has 1 aromatic rings. The first-order valence-corrected chi connectivity index (χ1v) is 6.40. The third kappa shape index (κ3) is 2.74. The fraction of sp³-hybridized carbons (Fsp3) is 0.500. The van der Waals surface area contributed by atoms with Crippen LogP contribution in [-0.4, -0.2) is 34.0 Å². The molecule has 0 bridgehead atoms. The quantitative estimate of drug-likeness (QED) is 0.889. The van der Waals surface area contributed by atoms with Crippen molar-refractivity contribution in [1.82, 2.24) is 9.88 Å². The summed E-state index contributed by atoms with van der Waals surface area (Å²) in [5, 5.41) is 18.2. The summed E-state index contributed by atoms with van der Waals surface area (Å²) in [6, 6.07) is 5.64. The number of carbonyl (C=O) groups is 1. The zero-order valence-corrected chi connectivity index (χ0v) is 11.0. The molecule has 0 aromatic carbocycles. The van der Waals surface area contributed by atoms with Crippen molar-refractivity contribution in [1.29, 1.82) is 5.26 Å². The van der Waals surface area contributed by atoms with Crippen LogP contribution in [0.25, 0.3) is 0 Å². The fourth-order valence-electron chi connectivity index (χ4n) is 2.60. The van der Waals surface area contributed by atoms with E-state index >= 15 is 0 Å². The number of nitriles is 1. The Morgan fingerprint density at radius 3 is 3.05 bits per heavy atom. The molecule has 1 saturated heterocycles. The zero-order valence-electron chi connectivity index (χ0n) is 11.0. The highest BCUT2D eigenvalue weighted by Crippen LogP contribution is 2.34. The molecule has 0 aliphatic carbocycles. The molecule has 1 N–H and O–H groups in total. The summed E-state index contributed by atoms with van der Waals surface area (Å²) in [6.45, 7) is 3.96. The van der Waals surface area contributed by atoms with Crippen LogP contribution in [0.1, 0.15) is 31.0 Å². The predicted octanol–water partition coefficient (Wildman–Crippen LogP) is 1.64. The van der Waals surface area contributed by atoms with E-state index in [1.807, 2.05) is 19.1 Å². The van der Waals surface area contributed by atoms with Gasteiger partial charge in [-0.05, 0) is 37.1 Å². The molecule has 5 nitrogen and oxygen atoms in total. The minimum atomic E-state index is -0.704. The Hall–Kier alpha value is -1.93. The van der Waals surface area contributed by atoms with E-state index in [9.17, 15) is 9.90 Å². The SMILES string of the molecule is CCC1(C(=O)O)CCN(Cc2ccnc(C#N)c2)C1. The van der Waals surface area contributed by atoms with Crippen LogP contribution in [-0.2, 0) is 11.3 Å². The average Bonchev–Trinajstić information content (AvgIpc) is 2.83. The molecule has 2 rings (SSSR count). The lowest BCUT2D eigenvalue weighted by molar-refractivity contribution is -0.148. The molecule has 19 heavy (non-hydrogen) atoms. The Labute approximate surface area is 112 Å². The van der Waals surface area contributed by atoms with Gasteiger partial charge < -0.3 is 5.11 Å². The Morgan fingerprint density at radius 2 is 2.47 bits per heavy atom. The number of aromatic nitrogens is 1. The first-order valence-electron chi connectivity index (χ1n) is 6.40. The van der Waals surface area contributed by atoms with E-state index < -0.39 is 11.4 Å². The number of hydrogen-bond donors (Lipinski definition) is 1. The van der Waals surface area contributed by atoms with Crippen molar-refractivity contribution in [3.05, 3.63) is 29.6 Å². The minimum absolute atomic E-state index is 0.400. The van der Waals surface area contributed by atoms with Crippen LogP contribution in [0.3, 0.4) is 0 Å². The highest BCUT2D eigenvalue weighted by atomic mass is 16.4. The number of rotatable bonds is 4. The van der Waals surface area contributed by atoms with Gasteiger partial charge in [-0.2, -0.15) is 5.26 Å². The van der Waals surface area contributed by atoms with Gasteiger partial charge in [0.25, 0.3) is 0 Å². The Kier molecular flexibility index (Phi) is 3.82. The Bertz CT molecular complexity index is 524. The standard InChI is InChI=1S/C14H17N3O2/c1-2-14(13(18)19)4-6-17(10-14)9-11-3-5-16-12(7-11)8-15/h3,5,7H,2,4,6,9-10H2,1H3,(H,18,19). The summed E-state index contributed by atoms with van der Waals surface area (Å²) >= 11 is 0. The van der Waals surface area contributed by atoms with Gasteiger partial charge in [0, 0.05) is 19.3 Å². The van der Waals surface area contributed by atoms with E-state index in [0.717, 1.165) is 12.1 Å². The summed E-state index contributed by atoms with van der Waals surface area (Å²) in [4.78, 5) is 17.4. The number of likely N-dealkylation sites (tertiary alicyclic amines) is 1. The Morgan fingerprint density at radius 1 is 1.68 bits per heavy atom. The van der Waals surface area contributed by atoms with Gasteiger partial charge >= 0.3 is 5.97 Å². The van der Waals surface area contributed by atoms with Crippen LogP contribution in [0.5, 0.6) is 0 Å². The lowest BCUT2D eigenvalue weighted by Crippen LogP contribution is -2.33. The molecule has 0 spiro atoms. The third-order valence-corrected chi connectivity index (χ3v) is 3.91. The van der Waals surface area contributed by atoms with Gasteiger partial charge in [-0.15, -0.1) is 0 Å². The molecule has 1 unspecified atom stereocenters. The van der Waals surface area contributed by atoms with Gasteiger partial charge in [0.15, 0.2) is 0 Å². The molecule has 1 aliphatic rings. The number of carboxylic acids is 1. The topological polar surface area (TPSA) is 77.2 Å². The number of hydrogen-bond acceptors (Lipinski definition) is 4. The zero-order chi connectivity index (χ0) is 13.9.